The third-order valence-electron chi connectivity index (χ3n) is 5.43. The number of nitro groups is 1. The summed E-state index contributed by atoms with van der Waals surface area (Å²) in [6, 6.07) is 17.1. The van der Waals surface area contributed by atoms with Crippen LogP contribution in [0.5, 0.6) is 23.0 Å². The van der Waals surface area contributed by atoms with E-state index < -0.39 is 16.4 Å². The molecule has 0 atom stereocenters. The van der Waals surface area contributed by atoms with Gasteiger partial charge in [-0.05, 0) is 36.8 Å². The zero-order valence-corrected chi connectivity index (χ0v) is 19.9. The lowest BCUT2D eigenvalue weighted by Gasteiger charge is -2.14. The molecular formula is C27H23FN2O6. The first-order valence-electron chi connectivity index (χ1n) is 10.9. The Bertz CT molecular complexity index is 1440. The molecular weight excluding hydrogens is 467 g/mol. The Kier molecular flexibility index (Phi) is 7.29. The third kappa shape index (κ3) is 5.20. The van der Waals surface area contributed by atoms with Gasteiger partial charge in [0.2, 0.25) is 0 Å². The van der Waals surface area contributed by atoms with Crippen LogP contribution in [-0.4, -0.2) is 24.1 Å². The lowest BCUT2D eigenvalue weighted by molar-refractivity contribution is -0.385. The van der Waals surface area contributed by atoms with E-state index >= 15 is 4.39 Å². The fourth-order valence-corrected chi connectivity index (χ4v) is 3.54. The minimum atomic E-state index is -0.889. The fraction of sp³-hybridized carbons (Fsp3) is 0.148. The minimum absolute atomic E-state index is 0.188. The van der Waals surface area contributed by atoms with Gasteiger partial charge >= 0.3 is 0 Å². The van der Waals surface area contributed by atoms with Crippen molar-refractivity contribution in [1.82, 2.24) is 4.98 Å². The molecule has 9 heteroatoms. The van der Waals surface area contributed by atoms with Crippen LogP contribution in [0, 0.1) is 15.9 Å². The predicted molar refractivity (Wildman–Crippen MR) is 133 cm³/mol. The average molecular weight is 490 g/mol. The second kappa shape index (κ2) is 10.7. The number of methoxy groups -OCH3 is 2. The largest absolute Gasteiger partial charge is 0.501 e. The number of fused-ring (bicyclic) bond motifs is 1. The molecule has 1 heterocycles. The van der Waals surface area contributed by atoms with Gasteiger partial charge in [-0.1, -0.05) is 30.3 Å². The first-order valence-corrected chi connectivity index (χ1v) is 10.9. The van der Waals surface area contributed by atoms with E-state index in [0.717, 1.165) is 5.56 Å². The number of pyridine rings is 1. The van der Waals surface area contributed by atoms with Crippen LogP contribution < -0.4 is 14.2 Å². The van der Waals surface area contributed by atoms with Crippen LogP contribution in [0.3, 0.4) is 0 Å². The van der Waals surface area contributed by atoms with Crippen molar-refractivity contribution >= 4 is 22.7 Å². The molecule has 184 valence electrons. The Labute approximate surface area is 206 Å². The van der Waals surface area contributed by atoms with Gasteiger partial charge in [0.1, 0.15) is 12.4 Å². The summed E-state index contributed by atoms with van der Waals surface area (Å²) < 4.78 is 37.7. The topological polar surface area (TPSA) is 93.0 Å². The van der Waals surface area contributed by atoms with E-state index in [2.05, 4.69) is 4.98 Å². The van der Waals surface area contributed by atoms with E-state index in [0.29, 0.717) is 40.5 Å². The van der Waals surface area contributed by atoms with E-state index in [1.54, 1.807) is 25.1 Å². The molecule has 4 aromatic rings. The molecule has 8 nitrogen and oxygen atoms in total. The highest BCUT2D eigenvalue weighted by molar-refractivity contribution is 5.88. The van der Waals surface area contributed by atoms with E-state index in [4.69, 9.17) is 18.9 Å². The first kappa shape index (κ1) is 24.5. The molecule has 0 amide bonds. The van der Waals surface area contributed by atoms with Crippen molar-refractivity contribution < 1.29 is 28.3 Å². The summed E-state index contributed by atoms with van der Waals surface area (Å²) in [5.74, 6) is 0.449. The number of rotatable bonds is 9. The number of allylic oxidation sites excluding steroid dienone is 1. The first-order chi connectivity index (χ1) is 17.4. The summed E-state index contributed by atoms with van der Waals surface area (Å²) in [4.78, 5) is 15.1. The maximum atomic E-state index is 15.4. The Hall–Kier alpha value is -4.66. The van der Waals surface area contributed by atoms with E-state index in [9.17, 15) is 10.1 Å². The Morgan fingerprint density at radius 1 is 1.03 bits per heavy atom. The van der Waals surface area contributed by atoms with Crippen LogP contribution >= 0.6 is 0 Å². The van der Waals surface area contributed by atoms with Gasteiger partial charge in [-0.25, -0.2) is 4.39 Å². The number of hydrogen-bond donors (Lipinski definition) is 0. The van der Waals surface area contributed by atoms with Crippen LogP contribution in [0.15, 0.2) is 72.6 Å². The highest BCUT2D eigenvalue weighted by Gasteiger charge is 2.22. The quantitative estimate of drug-likeness (QED) is 0.147. The summed E-state index contributed by atoms with van der Waals surface area (Å²) >= 11 is 0. The van der Waals surface area contributed by atoms with Crippen molar-refractivity contribution in [2.24, 2.45) is 0 Å². The van der Waals surface area contributed by atoms with Gasteiger partial charge in [-0.3, -0.25) is 15.1 Å². The SMILES string of the molecule is COC(C)=Cc1c([N+](=O)[O-])ccc(Oc2ccnc3cc(OCc4ccccc4)c(OC)cc23)c1F. The molecule has 4 rings (SSSR count). The second-order valence-corrected chi connectivity index (χ2v) is 7.73. The standard InChI is InChI=1S/C27H23FN2O6/c1-17(33-2)13-20-22(30(31)32)9-10-24(27(20)28)36-23-11-12-29-21-15-26(25(34-3)14-19(21)23)35-16-18-7-5-4-6-8-18/h4-15H,16H2,1-3H3. The monoisotopic (exact) mass is 490 g/mol. The molecule has 0 N–H and O–H groups in total. The highest BCUT2D eigenvalue weighted by atomic mass is 19.1. The normalized spacial score (nSPS) is 11.3. The molecule has 0 saturated carbocycles. The van der Waals surface area contributed by atoms with Crippen LogP contribution in [0.1, 0.15) is 18.1 Å². The maximum absolute atomic E-state index is 15.4. The van der Waals surface area contributed by atoms with E-state index in [1.165, 1.54) is 38.6 Å². The van der Waals surface area contributed by atoms with Crippen LogP contribution in [0.2, 0.25) is 0 Å². The molecule has 0 aliphatic carbocycles. The van der Waals surface area contributed by atoms with Crippen LogP contribution in [-0.2, 0) is 11.3 Å². The second-order valence-electron chi connectivity index (χ2n) is 7.73. The molecule has 3 aromatic carbocycles. The van der Waals surface area contributed by atoms with Gasteiger partial charge < -0.3 is 18.9 Å². The highest BCUT2D eigenvalue weighted by Crippen LogP contribution is 2.39. The van der Waals surface area contributed by atoms with Crippen LogP contribution in [0.25, 0.3) is 17.0 Å². The number of benzene rings is 3. The van der Waals surface area contributed by atoms with Crippen molar-refractivity contribution in [2.75, 3.05) is 14.2 Å². The summed E-state index contributed by atoms with van der Waals surface area (Å²) in [6.45, 7) is 1.90. The molecule has 0 bridgehead atoms. The smallest absolute Gasteiger partial charge is 0.279 e. The molecule has 0 spiro atoms. The zero-order valence-electron chi connectivity index (χ0n) is 19.9. The van der Waals surface area contributed by atoms with E-state index in [-0.39, 0.29) is 11.3 Å². The molecule has 0 saturated heterocycles. The van der Waals surface area contributed by atoms with Crippen molar-refractivity contribution in [3.05, 3.63) is 99.7 Å². The number of nitrogens with zero attached hydrogens (tertiary/aromatic N) is 2. The van der Waals surface area contributed by atoms with Crippen molar-refractivity contribution in [2.45, 2.75) is 13.5 Å². The summed E-state index contributed by atoms with van der Waals surface area (Å²) in [5, 5.41) is 12.0. The molecule has 0 unspecified atom stereocenters. The maximum Gasteiger partial charge on any atom is 0.279 e. The van der Waals surface area contributed by atoms with Gasteiger partial charge in [-0.2, -0.15) is 0 Å². The Morgan fingerprint density at radius 3 is 2.50 bits per heavy atom. The number of ether oxygens (including phenoxy) is 4. The van der Waals surface area contributed by atoms with Crippen LogP contribution in [0.4, 0.5) is 10.1 Å². The molecule has 0 aliphatic heterocycles. The summed E-state index contributed by atoms with van der Waals surface area (Å²) in [6.07, 6.45) is 2.77. The number of aromatic nitrogens is 1. The van der Waals surface area contributed by atoms with Gasteiger partial charge in [0.05, 0.1) is 36.0 Å². The number of halogens is 1. The third-order valence-corrected chi connectivity index (χ3v) is 5.43. The predicted octanol–water partition coefficient (Wildman–Crippen LogP) is 6.67. The molecule has 36 heavy (non-hydrogen) atoms. The molecule has 0 fully saturated rings. The fourth-order valence-electron chi connectivity index (χ4n) is 3.54. The van der Waals surface area contributed by atoms with Crippen molar-refractivity contribution in [3.63, 3.8) is 0 Å². The van der Waals surface area contributed by atoms with Gasteiger partial charge in [0, 0.05) is 23.7 Å². The Balaban J connectivity index is 1.71. The average Bonchev–Trinajstić information content (AvgIpc) is 2.89. The van der Waals surface area contributed by atoms with Gasteiger partial charge in [0.25, 0.3) is 5.69 Å². The van der Waals surface area contributed by atoms with Gasteiger partial charge in [0.15, 0.2) is 23.1 Å². The van der Waals surface area contributed by atoms with Crippen molar-refractivity contribution in [3.8, 4) is 23.0 Å². The minimum Gasteiger partial charge on any atom is -0.501 e. The zero-order chi connectivity index (χ0) is 25.7. The lowest BCUT2D eigenvalue weighted by atomic mass is 10.1. The van der Waals surface area contributed by atoms with E-state index in [1.807, 2.05) is 30.3 Å². The van der Waals surface area contributed by atoms with Crippen molar-refractivity contribution in [1.29, 1.82) is 0 Å². The Morgan fingerprint density at radius 2 is 1.81 bits per heavy atom. The summed E-state index contributed by atoms with van der Waals surface area (Å²) in [5.41, 5.74) is 0.878. The lowest BCUT2D eigenvalue weighted by Crippen LogP contribution is -2.00. The van der Waals surface area contributed by atoms with Gasteiger partial charge in [-0.15, -0.1) is 0 Å². The number of hydrogen-bond acceptors (Lipinski definition) is 7. The molecule has 1 aromatic heterocycles. The molecule has 0 radical (unpaired) electrons. The molecule has 0 aliphatic rings. The summed E-state index contributed by atoms with van der Waals surface area (Å²) in [7, 11) is 2.91. The number of nitro benzene ring substituents is 1.